The summed E-state index contributed by atoms with van der Waals surface area (Å²) in [6.07, 6.45) is 2.53. The van der Waals surface area contributed by atoms with E-state index in [1.54, 1.807) is 0 Å². The fourth-order valence-electron chi connectivity index (χ4n) is 2.57. The smallest absolute Gasteiger partial charge is 0.106 e. The zero-order valence-electron chi connectivity index (χ0n) is 11.2. The van der Waals surface area contributed by atoms with E-state index in [0.29, 0.717) is 15.9 Å². The van der Waals surface area contributed by atoms with Gasteiger partial charge in [0.1, 0.15) is 4.99 Å². The van der Waals surface area contributed by atoms with Crippen LogP contribution in [0.25, 0.3) is 0 Å². The van der Waals surface area contributed by atoms with Gasteiger partial charge >= 0.3 is 0 Å². The Labute approximate surface area is 125 Å². The molecule has 1 unspecified atom stereocenters. The lowest BCUT2D eigenvalue weighted by atomic mass is 9.98. The van der Waals surface area contributed by atoms with Gasteiger partial charge in [-0.1, -0.05) is 23.8 Å². The van der Waals surface area contributed by atoms with Crippen molar-refractivity contribution in [3.8, 4) is 0 Å². The van der Waals surface area contributed by atoms with E-state index in [4.69, 9.17) is 29.6 Å². The van der Waals surface area contributed by atoms with E-state index in [2.05, 4.69) is 17.3 Å². The highest BCUT2D eigenvalue weighted by molar-refractivity contribution is 7.80. The topological polar surface area (TPSA) is 41.3 Å². The molecule has 1 aromatic rings. The van der Waals surface area contributed by atoms with Crippen LogP contribution in [-0.2, 0) is 0 Å². The fraction of sp³-hybridized carbons (Fsp3) is 0.500. The summed E-state index contributed by atoms with van der Waals surface area (Å²) in [6.45, 7) is 3.27. The third-order valence-electron chi connectivity index (χ3n) is 3.55. The van der Waals surface area contributed by atoms with Crippen LogP contribution in [0.2, 0.25) is 5.02 Å². The summed E-state index contributed by atoms with van der Waals surface area (Å²) in [5, 5.41) is 4.14. The van der Waals surface area contributed by atoms with Crippen LogP contribution < -0.4 is 11.1 Å². The number of benzene rings is 1. The van der Waals surface area contributed by atoms with Gasteiger partial charge in [-0.05, 0) is 50.6 Å². The average Bonchev–Trinajstić information content (AvgIpc) is 2.36. The lowest BCUT2D eigenvalue weighted by Gasteiger charge is -2.30. The van der Waals surface area contributed by atoms with Crippen molar-refractivity contribution in [2.75, 3.05) is 32.0 Å². The minimum atomic E-state index is 0.403. The number of nitrogens with zero attached hydrogens (tertiary/aromatic N) is 1. The molecule has 1 atom stereocenters. The molecule has 1 fully saturated rings. The van der Waals surface area contributed by atoms with Crippen LogP contribution in [0.1, 0.15) is 18.4 Å². The lowest BCUT2D eigenvalue weighted by molar-refractivity contribution is 0.217. The van der Waals surface area contributed by atoms with Gasteiger partial charge in [-0.2, -0.15) is 0 Å². The maximum Gasteiger partial charge on any atom is 0.106 e. The Morgan fingerprint density at radius 2 is 2.37 bits per heavy atom. The maximum atomic E-state index is 6.03. The Bertz CT molecular complexity index is 464. The Kier molecular flexibility index (Phi) is 5.02. The SMILES string of the molecule is CN1CCCC(CNc2cc(Cl)ccc2C(N)=S)C1. The predicted octanol–water partition coefficient (Wildman–Crippen LogP) is 2.73. The molecule has 0 amide bonds. The molecule has 1 aromatic carbocycles. The molecule has 1 saturated heterocycles. The summed E-state index contributed by atoms with van der Waals surface area (Å²) >= 11 is 11.1. The number of piperidine rings is 1. The summed E-state index contributed by atoms with van der Waals surface area (Å²) in [5.41, 5.74) is 7.54. The lowest BCUT2D eigenvalue weighted by Crippen LogP contribution is -2.35. The van der Waals surface area contributed by atoms with Gasteiger partial charge in [-0.15, -0.1) is 0 Å². The molecule has 3 N–H and O–H groups in total. The zero-order valence-corrected chi connectivity index (χ0v) is 12.7. The first-order valence-corrected chi connectivity index (χ1v) is 7.36. The first-order chi connectivity index (χ1) is 9.06. The second-order valence-corrected chi connectivity index (χ2v) is 6.08. The summed E-state index contributed by atoms with van der Waals surface area (Å²) in [7, 11) is 2.17. The van der Waals surface area contributed by atoms with Gasteiger partial charge in [0.2, 0.25) is 0 Å². The molecule has 0 aliphatic carbocycles. The second-order valence-electron chi connectivity index (χ2n) is 5.21. The number of halogens is 1. The fourth-order valence-corrected chi connectivity index (χ4v) is 2.92. The summed E-state index contributed by atoms with van der Waals surface area (Å²) < 4.78 is 0. The zero-order chi connectivity index (χ0) is 13.8. The van der Waals surface area contributed by atoms with Crippen LogP contribution in [-0.4, -0.2) is 36.6 Å². The highest BCUT2D eigenvalue weighted by atomic mass is 35.5. The van der Waals surface area contributed by atoms with Crippen LogP contribution in [0.4, 0.5) is 5.69 Å². The average molecular weight is 298 g/mol. The number of nitrogens with one attached hydrogen (secondary N) is 1. The molecule has 0 bridgehead atoms. The van der Waals surface area contributed by atoms with E-state index in [1.165, 1.54) is 19.4 Å². The van der Waals surface area contributed by atoms with Crippen molar-refractivity contribution >= 4 is 34.5 Å². The molecule has 0 aromatic heterocycles. The van der Waals surface area contributed by atoms with Gasteiger partial charge in [0.15, 0.2) is 0 Å². The minimum Gasteiger partial charge on any atom is -0.389 e. The van der Waals surface area contributed by atoms with E-state index in [0.717, 1.165) is 24.3 Å². The molecule has 1 aliphatic heterocycles. The molecule has 0 spiro atoms. The Hall–Kier alpha value is -0.840. The van der Waals surface area contributed by atoms with Crippen molar-refractivity contribution in [3.63, 3.8) is 0 Å². The molecule has 5 heteroatoms. The van der Waals surface area contributed by atoms with Crippen molar-refractivity contribution in [1.82, 2.24) is 4.90 Å². The van der Waals surface area contributed by atoms with E-state index in [1.807, 2.05) is 18.2 Å². The number of nitrogens with two attached hydrogens (primary N) is 1. The number of rotatable bonds is 4. The van der Waals surface area contributed by atoms with E-state index in [9.17, 15) is 0 Å². The molecule has 3 nitrogen and oxygen atoms in total. The van der Waals surface area contributed by atoms with Gasteiger partial charge in [-0.3, -0.25) is 0 Å². The monoisotopic (exact) mass is 297 g/mol. The summed E-state index contributed by atoms with van der Waals surface area (Å²) in [6, 6.07) is 5.58. The predicted molar refractivity (Wildman–Crippen MR) is 86.1 cm³/mol. The number of thiocarbonyl (C=S) groups is 1. The molecular weight excluding hydrogens is 278 g/mol. The molecule has 104 valence electrons. The summed E-state index contributed by atoms with van der Waals surface area (Å²) in [5.74, 6) is 0.664. The Morgan fingerprint density at radius 3 is 3.05 bits per heavy atom. The van der Waals surface area contributed by atoms with Gasteiger partial charge < -0.3 is 16.0 Å². The Balaban J connectivity index is 2.02. The van der Waals surface area contributed by atoms with Crippen LogP contribution >= 0.6 is 23.8 Å². The number of hydrogen-bond acceptors (Lipinski definition) is 3. The maximum absolute atomic E-state index is 6.03. The van der Waals surface area contributed by atoms with Crippen molar-refractivity contribution < 1.29 is 0 Å². The first kappa shape index (κ1) is 14.6. The van der Waals surface area contributed by atoms with Crippen LogP contribution in [0.3, 0.4) is 0 Å². The highest BCUT2D eigenvalue weighted by Gasteiger charge is 2.17. The van der Waals surface area contributed by atoms with Crippen molar-refractivity contribution in [2.24, 2.45) is 11.7 Å². The molecule has 0 radical (unpaired) electrons. The van der Waals surface area contributed by atoms with Crippen LogP contribution in [0, 0.1) is 5.92 Å². The summed E-state index contributed by atoms with van der Waals surface area (Å²) in [4.78, 5) is 2.78. The first-order valence-electron chi connectivity index (χ1n) is 6.58. The van der Waals surface area contributed by atoms with Crippen LogP contribution in [0.5, 0.6) is 0 Å². The number of likely N-dealkylation sites (tertiary alicyclic amines) is 1. The van der Waals surface area contributed by atoms with E-state index >= 15 is 0 Å². The largest absolute Gasteiger partial charge is 0.389 e. The van der Waals surface area contributed by atoms with Crippen LogP contribution in [0.15, 0.2) is 18.2 Å². The quantitative estimate of drug-likeness (QED) is 0.839. The standard InChI is InChI=1S/C14H20ClN3S/c1-18-6-2-3-10(9-18)8-17-13-7-11(15)4-5-12(13)14(16)19/h4-5,7,10,17H,2-3,6,8-9H2,1H3,(H2,16,19). The Morgan fingerprint density at radius 1 is 1.58 bits per heavy atom. The molecular formula is C14H20ClN3S. The molecule has 19 heavy (non-hydrogen) atoms. The van der Waals surface area contributed by atoms with Crippen molar-refractivity contribution in [3.05, 3.63) is 28.8 Å². The molecule has 1 heterocycles. The van der Waals surface area contributed by atoms with Gasteiger partial charge in [0, 0.05) is 29.4 Å². The second kappa shape index (κ2) is 6.55. The highest BCUT2D eigenvalue weighted by Crippen LogP contribution is 2.23. The third-order valence-corrected chi connectivity index (χ3v) is 4.01. The molecule has 1 aliphatic rings. The number of hydrogen-bond donors (Lipinski definition) is 2. The van der Waals surface area contributed by atoms with E-state index in [-0.39, 0.29) is 0 Å². The van der Waals surface area contributed by atoms with Crippen molar-refractivity contribution in [1.29, 1.82) is 0 Å². The van der Waals surface area contributed by atoms with Crippen molar-refractivity contribution in [2.45, 2.75) is 12.8 Å². The third kappa shape index (κ3) is 4.06. The van der Waals surface area contributed by atoms with Gasteiger partial charge in [0.05, 0.1) is 0 Å². The molecule has 2 rings (SSSR count). The van der Waals surface area contributed by atoms with E-state index < -0.39 is 0 Å². The minimum absolute atomic E-state index is 0.403. The number of anilines is 1. The van der Waals surface area contributed by atoms with Gasteiger partial charge in [-0.25, -0.2) is 0 Å². The molecule has 0 saturated carbocycles. The normalized spacial score (nSPS) is 20.2. The van der Waals surface area contributed by atoms with Gasteiger partial charge in [0.25, 0.3) is 0 Å².